The maximum Gasteiger partial charge on any atom is 0.318 e. The van der Waals surface area contributed by atoms with Crippen LogP contribution in [-0.2, 0) is 27.3 Å². The van der Waals surface area contributed by atoms with Gasteiger partial charge in [-0.05, 0) is 24.6 Å². The molecule has 9 nitrogen and oxygen atoms in total. The monoisotopic (exact) mass is 513 g/mol. The number of pyridine rings is 1. The first kappa shape index (κ1) is 26.2. The predicted octanol–water partition coefficient (Wildman–Crippen LogP) is 1.82. The molecule has 1 saturated carbocycles. The molecular formula is C26H29F2N5O4. The van der Waals surface area contributed by atoms with Gasteiger partial charge in [-0.15, -0.1) is 0 Å². The number of benzene rings is 1. The number of urea groups is 1. The Kier molecular flexibility index (Phi) is 7.51. The summed E-state index contributed by atoms with van der Waals surface area (Å²) in [6.07, 6.45) is 1.18. The van der Waals surface area contributed by atoms with E-state index in [2.05, 4.69) is 20.9 Å². The lowest BCUT2D eigenvalue weighted by Crippen LogP contribution is -2.69. The highest BCUT2D eigenvalue weighted by Crippen LogP contribution is 2.56. The van der Waals surface area contributed by atoms with Gasteiger partial charge in [0, 0.05) is 44.0 Å². The number of ketones is 1. The van der Waals surface area contributed by atoms with E-state index >= 15 is 0 Å². The molecule has 2 aliphatic rings. The Morgan fingerprint density at radius 2 is 1.68 bits per heavy atom. The van der Waals surface area contributed by atoms with Crippen LogP contribution in [0.1, 0.15) is 31.0 Å². The molecule has 11 heteroatoms. The van der Waals surface area contributed by atoms with Gasteiger partial charge in [0.2, 0.25) is 17.6 Å². The molecule has 0 radical (unpaired) electrons. The van der Waals surface area contributed by atoms with Gasteiger partial charge in [0.25, 0.3) is 5.91 Å². The first-order valence-corrected chi connectivity index (χ1v) is 12.1. The Labute approximate surface area is 213 Å². The van der Waals surface area contributed by atoms with Crippen molar-refractivity contribution in [2.24, 2.45) is 5.41 Å². The minimum absolute atomic E-state index is 0.0487. The number of nitrogens with zero attached hydrogens (tertiary/aromatic N) is 2. The van der Waals surface area contributed by atoms with Crippen molar-refractivity contribution in [3.63, 3.8) is 0 Å². The standard InChI is InChI=1S/C26H29F2N5O4/c1-17(31-24(37)33-15-25(16-33)13-26(27,28)14-25)22(35)32-20(11-18-7-3-2-4-8-18)21(34)23(36)30-12-19-9-5-6-10-29-19/h2-10,17,20H,11-16H2,1H3,(H,30,36)(H,31,37)(H,32,35)/t17-,20-/m1/s1. The van der Waals surface area contributed by atoms with E-state index in [4.69, 9.17) is 0 Å². The van der Waals surface area contributed by atoms with Crippen molar-refractivity contribution in [3.8, 4) is 0 Å². The van der Waals surface area contributed by atoms with Gasteiger partial charge < -0.3 is 20.9 Å². The van der Waals surface area contributed by atoms with E-state index < -0.39 is 47.0 Å². The molecule has 1 aromatic carbocycles. The van der Waals surface area contributed by atoms with Gasteiger partial charge in [-0.25, -0.2) is 13.6 Å². The lowest BCUT2D eigenvalue weighted by atomic mass is 9.61. The van der Waals surface area contributed by atoms with Crippen LogP contribution in [0.5, 0.6) is 0 Å². The molecule has 1 aromatic heterocycles. The van der Waals surface area contributed by atoms with Crippen LogP contribution in [0.15, 0.2) is 54.7 Å². The summed E-state index contributed by atoms with van der Waals surface area (Å²) < 4.78 is 26.4. The summed E-state index contributed by atoms with van der Waals surface area (Å²) in [5.41, 5.74) is 0.780. The third-order valence-corrected chi connectivity index (χ3v) is 6.64. The second-order valence-corrected chi connectivity index (χ2v) is 9.86. The molecule has 4 rings (SSSR count). The Morgan fingerprint density at radius 3 is 2.30 bits per heavy atom. The highest BCUT2D eigenvalue weighted by atomic mass is 19.3. The lowest BCUT2D eigenvalue weighted by molar-refractivity contribution is -0.203. The van der Waals surface area contributed by atoms with E-state index in [1.807, 2.05) is 0 Å². The number of aromatic nitrogens is 1. The summed E-state index contributed by atoms with van der Waals surface area (Å²) in [6.45, 7) is 1.93. The smallest absolute Gasteiger partial charge is 0.318 e. The second-order valence-electron chi connectivity index (χ2n) is 9.86. The summed E-state index contributed by atoms with van der Waals surface area (Å²) in [7, 11) is 0. The molecule has 196 valence electrons. The summed E-state index contributed by atoms with van der Waals surface area (Å²) >= 11 is 0. The Hall–Kier alpha value is -3.89. The van der Waals surface area contributed by atoms with Gasteiger partial charge in [0.15, 0.2) is 0 Å². The third-order valence-electron chi connectivity index (χ3n) is 6.64. The van der Waals surface area contributed by atoms with E-state index in [0.717, 1.165) is 5.56 Å². The van der Waals surface area contributed by atoms with Gasteiger partial charge in [-0.1, -0.05) is 36.4 Å². The molecular weight excluding hydrogens is 484 g/mol. The zero-order chi connectivity index (χ0) is 26.6. The van der Waals surface area contributed by atoms with Crippen molar-refractivity contribution in [3.05, 3.63) is 66.0 Å². The molecule has 2 fully saturated rings. The minimum atomic E-state index is -2.67. The van der Waals surface area contributed by atoms with Crippen molar-refractivity contribution < 1.29 is 28.0 Å². The highest BCUT2D eigenvalue weighted by Gasteiger charge is 2.62. The van der Waals surface area contributed by atoms with Crippen molar-refractivity contribution >= 4 is 23.6 Å². The highest BCUT2D eigenvalue weighted by molar-refractivity contribution is 6.38. The van der Waals surface area contributed by atoms with E-state index in [-0.39, 0.29) is 38.9 Å². The maximum atomic E-state index is 13.2. The zero-order valence-corrected chi connectivity index (χ0v) is 20.4. The van der Waals surface area contributed by atoms with Crippen molar-refractivity contribution in [2.75, 3.05) is 13.1 Å². The number of Topliss-reactive ketones (excluding diaryl/α,β-unsaturated/α-hetero) is 1. The van der Waals surface area contributed by atoms with Gasteiger partial charge in [-0.3, -0.25) is 19.4 Å². The molecule has 1 aliphatic heterocycles. The molecule has 1 aliphatic carbocycles. The molecule has 2 aromatic rings. The van der Waals surface area contributed by atoms with Gasteiger partial charge in [0.05, 0.1) is 12.2 Å². The van der Waals surface area contributed by atoms with Crippen molar-refractivity contribution in [1.29, 1.82) is 0 Å². The van der Waals surface area contributed by atoms with Crippen LogP contribution >= 0.6 is 0 Å². The summed E-state index contributed by atoms with van der Waals surface area (Å²) in [4.78, 5) is 56.4. The Morgan fingerprint density at radius 1 is 1.00 bits per heavy atom. The Bertz CT molecular complexity index is 1150. The topological polar surface area (TPSA) is 121 Å². The van der Waals surface area contributed by atoms with E-state index in [0.29, 0.717) is 5.69 Å². The SMILES string of the molecule is C[C@@H](NC(=O)N1CC2(C1)CC(F)(F)C2)C(=O)N[C@H](Cc1ccccc1)C(=O)C(=O)NCc1ccccn1. The molecule has 2 atom stereocenters. The maximum absolute atomic E-state index is 13.2. The number of alkyl halides is 2. The van der Waals surface area contributed by atoms with Crippen LogP contribution in [0.25, 0.3) is 0 Å². The summed E-state index contributed by atoms with van der Waals surface area (Å²) in [5, 5.41) is 7.64. The number of carbonyl (C=O) groups is 4. The number of halogens is 2. The normalized spacial score (nSPS) is 18.5. The summed E-state index contributed by atoms with van der Waals surface area (Å²) in [6, 6.07) is 11.4. The first-order valence-electron chi connectivity index (χ1n) is 12.1. The summed E-state index contributed by atoms with van der Waals surface area (Å²) in [5.74, 6) is -5.01. The van der Waals surface area contributed by atoms with Crippen LogP contribution in [0.3, 0.4) is 0 Å². The van der Waals surface area contributed by atoms with Crippen LogP contribution in [-0.4, -0.2) is 64.6 Å². The number of likely N-dealkylation sites (tertiary alicyclic amines) is 1. The lowest BCUT2D eigenvalue weighted by Gasteiger charge is -2.58. The fraction of sp³-hybridized carbons (Fsp3) is 0.423. The molecule has 1 spiro atoms. The fourth-order valence-electron chi connectivity index (χ4n) is 4.79. The average molecular weight is 514 g/mol. The molecule has 4 amide bonds. The number of rotatable bonds is 9. The number of hydrogen-bond donors (Lipinski definition) is 3. The number of amides is 4. The van der Waals surface area contributed by atoms with Crippen LogP contribution < -0.4 is 16.0 Å². The molecule has 0 bridgehead atoms. The van der Waals surface area contributed by atoms with E-state index in [1.165, 1.54) is 11.8 Å². The molecule has 2 heterocycles. The molecule has 0 unspecified atom stereocenters. The molecule has 3 N–H and O–H groups in total. The predicted molar refractivity (Wildman–Crippen MR) is 129 cm³/mol. The quantitative estimate of drug-likeness (QED) is 0.442. The largest absolute Gasteiger partial charge is 0.344 e. The average Bonchev–Trinajstić information content (AvgIpc) is 2.84. The number of hydrogen-bond acceptors (Lipinski definition) is 5. The zero-order valence-electron chi connectivity index (χ0n) is 20.4. The van der Waals surface area contributed by atoms with Crippen molar-refractivity contribution in [2.45, 2.75) is 50.7 Å². The van der Waals surface area contributed by atoms with Gasteiger partial charge >= 0.3 is 6.03 Å². The van der Waals surface area contributed by atoms with Crippen LogP contribution in [0.4, 0.5) is 13.6 Å². The van der Waals surface area contributed by atoms with Crippen LogP contribution in [0.2, 0.25) is 0 Å². The number of nitrogens with one attached hydrogen (secondary N) is 3. The van der Waals surface area contributed by atoms with Gasteiger partial charge in [-0.2, -0.15) is 0 Å². The fourth-order valence-corrected chi connectivity index (χ4v) is 4.79. The van der Waals surface area contributed by atoms with E-state index in [1.54, 1.807) is 54.7 Å². The second kappa shape index (κ2) is 10.6. The first-order chi connectivity index (χ1) is 17.6. The molecule has 37 heavy (non-hydrogen) atoms. The van der Waals surface area contributed by atoms with Crippen LogP contribution in [0, 0.1) is 5.41 Å². The minimum Gasteiger partial charge on any atom is -0.344 e. The number of carbonyl (C=O) groups excluding carboxylic acids is 4. The third kappa shape index (κ3) is 6.46. The molecule has 1 saturated heterocycles. The van der Waals surface area contributed by atoms with Gasteiger partial charge in [0.1, 0.15) is 12.1 Å². The van der Waals surface area contributed by atoms with Crippen molar-refractivity contribution in [1.82, 2.24) is 25.8 Å². The Balaban J connectivity index is 1.33. The van der Waals surface area contributed by atoms with E-state index in [9.17, 15) is 28.0 Å².